The Kier molecular flexibility index (Phi) is 4.44. The lowest BCUT2D eigenvalue weighted by molar-refractivity contribution is -0.117. The van der Waals surface area contributed by atoms with Gasteiger partial charge in [0, 0.05) is 12.5 Å². The van der Waals surface area contributed by atoms with Crippen molar-refractivity contribution in [3.63, 3.8) is 0 Å². The molecule has 1 aliphatic carbocycles. The Morgan fingerprint density at radius 2 is 2.08 bits per heavy atom. The predicted octanol–water partition coefficient (Wildman–Crippen LogP) is 4.52. The number of carbonyl (C=O) groups is 1. The van der Waals surface area contributed by atoms with Crippen LogP contribution in [0.15, 0.2) is 30.3 Å². The van der Waals surface area contributed by atoms with Crippen molar-refractivity contribution in [1.82, 2.24) is 5.32 Å². The first-order chi connectivity index (χ1) is 12.1. The van der Waals surface area contributed by atoms with Crippen molar-refractivity contribution in [2.75, 3.05) is 11.9 Å². The van der Waals surface area contributed by atoms with Gasteiger partial charge in [0.05, 0.1) is 15.7 Å². The number of carbonyl (C=O) groups excluding carboxylic acids is 1. The van der Waals surface area contributed by atoms with Gasteiger partial charge in [0.25, 0.3) is 0 Å². The lowest BCUT2D eigenvalue weighted by atomic mass is 9.99. The molecule has 6 heteroatoms. The van der Waals surface area contributed by atoms with Gasteiger partial charge in [-0.05, 0) is 54.1 Å². The Hall–Kier alpha value is -1.62. The number of nitrogens with one attached hydrogen (secondary N) is 2. The minimum absolute atomic E-state index is 0.0380. The molecule has 2 aliphatic rings. The van der Waals surface area contributed by atoms with E-state index in [9.17, 15) is 9.18 Å². The number of hydrogen-bond acceptors (Lipinski definition) is 2. The van der Waals surface area contributed by atoms with Gasteiger partial charge in [0.1, 0.15) is 5.82 Å². The Bertz CT molecular complexity index is 856. The number of hydrogen-bond donors (Lipinski definition) is 2. The smallest absolute Gasteiger partial charge is 0.228 e. The minimum Gasteiger partial charge on any atom is -0.323 e. The highest BCUT2D eigenvalue weighted by molar-refractivity contribution is 6.42. The third kappa shape index (κ3) is 3.14. The van der Waals surface area contributed by atoms with Crippen molar-refractivity contribution in [1.29, 1.82) is 0 Å². The molecule has 0 bridgehead atoms. The van der Waals surface area contributed by atoms with Crippen molar-refractivity contribution < 1.29 is 9.18 Å². The van der Waals surface area contributed by atoms with Crippen LogP contribution in [0, 0.1) is 11.7 Å². The first kappa shape index (κ1) is 16.8. The van der Waals surface area contributed by atoms with E-state index >= 15 is 0 Å². The van der Waals surface area contributed by atoms with Crippen LogP contribution in [0.2, 0.25) is 10.0 Å². The Morgan fingerprint density at radius 3 is 2.92 bits per heavy atom. The zero-order valence-corrected chi connectivity index (χ0v) is 14.9. The van der Waals surface area contributed by atoms with Crippen LogP contribution >= 0.6 is 23.2 Å². The maximum absolute atomic E-state index is 14.7. The van der Waals surface area contributed by atoms with Crippen LogP contribution in [-0.2, 0) is 17.8 Å². The summed E-state index contributed by atoms with van der Waals surface area (Å²) >= 11 is 12.3. The van der Waals surface area contributed by atoms with Crippen LogP contribution in [-0.4, -0.2) is 12.5 Å². The van der Waals surface area contributed by atoms with E-state index in [2.05, 4.69) is 10.6 Å². The third-order valence-corrected chi connectivity index (χ3v) is 5.81. The molecule has 4 rings (SSSR count). The van der Waals surface area contributed by atoms with E-state index in [-0.39, 0.29) is 29.2 Å². The van der Waals surface area contributed by atoms with E-state index in [1.165, 1.54) is 0 Å². The maximum atomic E-state index is 14.7. The van der Waals surface area contributed by atoms with Gasteiger partial charge in [-0.3, -0.25) is 4.79 Å². The molecule has 1 aliphatic heterocycles. The quantitative estimate of drug-likeness (QED) is 0.823. The summed E-state index contributed by atoms with van der Waals surface area (Å²) in [7, 11) is 0. The first-order valence-corrected chi connectivity index (χ1v) is 9.07. The molecular formula is C19H17Cl2FN2O. The van der Waals surface area contributed by atoms with Crippen LogP contribution < -0.4 is 10.6 Å². The summed E-state index contributed by atoms with van der Waals surface area (Å²) in [5.74, 6) is -0.650. The van der Waals surface area contributed by atoms with Gasteiger partial charge in [-0.2, -0.15) is 0 Å². The van der Waals surface area contributed by atoms with Crippen molar-refractivity contribution in [3.8, 4) is 0 Å². The Morgan fingerprint density at radius 1 is 1.24 bits per heavy atom. The Labute approximate surface area is 155 Å². The summed E-state index contributed by atoms with van der Waals surface area (Å²) in [6.45, 7) is 1.41. The van der Waals surface area contributed by atoms with Gasteiger partial charge in [-0.1, -0.05) is 41.4 Å². The molecule has 2 N–H and O–H groups in total. The highest BCUT2D eigenvalue weighted by atomic mass is 35.5. The van der Waals surface area contributed by atoms with Crippen LogP contribution in [0.25, 0.3) is 0 Å². The van der Waals surface area contributed by atoms with Crippen molar-refractivity contribution >= 4 is 34.8 Å². The summed E-state index contributed by atoms with van der Waals surface area (Å²) in [5, 5.41) is 6.94. The fourth-order valence-electron chi connectivity index (χ4n) is 3.49. The van der Waals surface area contributed by atoms with Crippen LogP contribution in [0.1, 0.15) is 29.0 Å². The SMILES string of the molecule is O=C(Nc1ccc2c(c1F)CCNC2)C1CC1c1cccc(Cl)c1Cl. The van der Waals surface area contributed by atoms with E-state index in [1.807, 2.05) is 18.2 Å². The number of halogens is 3. The Balaban J connectivity index is 1.50. The molecule has 25 heavy (non-hydrogen) atoms. The van der Waals surface area contributed by atoms with Crippen LogP contribution in [0.3, 0.4) is 0 Å². The zero-order valence-electron chi connectivity index (χ0n) is 13.4. The number of anilines is 1. The highest BCUT2D eigenvalue weighted by Gasteiger charge is 2.45. The number of amides is 1. The average molecular weight is 379 g/mol. The summed E-state index contributed by atoms with van der Waals surface area (Å²) in [4.78, 5) is 12.5. The zero-order chi connectivity index (χ0) is 17.6. The molecule has 2 aromatic rings. The standard InChI is InChI=1S/C19H17Cl2FN2O/c20-15-3-1-2-12(17(15)21)13-8-14(13)19(25)24-16-5-4-10-9-23-7-6-11(10)18(16)22/h1-5,13-14,23H,6-9H2,(H,24,25). The summed E-state index contributed by atoms with van der Waals surface area (Å²) in [6.07, 6.45) is 1.33. The molecule has 1 saturated carbocycles. The molecule has 0 aromatic heterocycles. The third-order valence-electron chi connectivity index (χ3n) is 4.97. The molecule has 1 amide bonds. The molecule has 2 unspecified atom stereocenters. The molecule has 2 aromatic carbocycles. The normalized spacial score (nSPS) is 21.6. The summed E-state index contributed by atoms with van der Waals surface area (Å²) < 4.78 is 14.7. The predicted molar refractivity (Wildman–Crippen MR) is 97.8 cm³/mol. The van der Waals surface area contributed by atoms with Crippen molar-refractivity contribution in [2.45, 2.75) is 25.3 Å². The van der Waals surface area contributed by atoms with E-state index < -0.39 is 0 Å². The van der Waals surface area contributed by atoms with Crippen LogP contribution in [0.5, 0.6) is 0 Å². The molecule has 1 heterocycles. The molecule has 1 fully saturated rings. The lowest BCUT2D eigenvalue weighted by Crippen LogP contribution is -2.25. The molecular weight excluding hydrogens is 362 g/mol. The van der Waals surface area contributed by atoms with E-state index in [1.54, 1.807) is 12.1 Å². The second-order valence-corrected chi connectivity index (χ2v) is 7.36. The fraction of sp³-hybridized carbons (Fsp3) is 0.316. The van der Waals surface area contributed by atoms with E-state index in [4.69, 9.17) is 23.2 Å². The molecule has 0 spiro atoms. The van der Waals surface area contributed by atoms with Crippen molar-refractivity contribution in [2.24, 2.45) is 5.92 Å². The van der Waals surface area contributed by atoms with Gasteiger partial charge in [-0.25, -0.2) is 4.39 Å². The fourth-order valence-corrected chi connectivity index (χ4v) is 3.94. The molecule has 0 saturated heterocycles. The lowest BCUT2D eigenvalue weighted by Gasteiger charge is -2.19. The van der Waals surface area contributed by atoms with Gasteiger partial charge in [0.15, 0.2) is 0 Å². The second-order valence-electron chi connectivity index (χ2n) is 6.57. The maximum Gasteiger partial charge on any atom is 0.228 e. The van der Waals surface area contributed by atoms with E-state index in [0.29, 0.717) is 35.0 Å². The monoisotopic (exact) mass is 378 g/mol. The average Bonchev–Trinajstić information content (AvgIpc) is 3.41. The summed E-state index contributed by atoms with van der Waals surface area (Å²) in [6, 6.07) is 8.95. The summed E-state index contributed by atoms with van der Waals surface area (Å²) in [5.41, 5.74) is 2.79. The van der Waals surface area contributed by atoms with E-state index in [0.717, 1.165) is 17.7 Å². The molecule has 3 nitrogen and oxygen atoms in total. The molecule has 130 valence electrons. The second kappa shape index (κ2) is 6.60. The van der Waals surface area contributed by atoms with Crippen LogP contribution in [0.4, 0.5) is 10.1 Å². The van der Waals surface area contributed by atoms with Gasteiger partial charge >= 0.3 is 0 Å². The minimum atomic E-state index is -0.315. The van der Waals surface area contributed by atoms with Gasteiger partial charge < -0.3 is 10.6 Å². The topological polar surface area (TPSA) is 41.1 Å². The molecule has 2 atom stereocenters. The molecule has 0 radical (unpaired) electrons. The van der Waals surface area contributed by atoms with Crippen molar-refractivity contribution in [3.05, 3.63) is 62.9 Å². The first-order valence-electron chi connectivity index (χ1n) is 8.32. The van der Waals surface area contributed by atoms with Gasteiger partial charge in [0.2, 0.25) is 5.91 Å². The highest BCUT2D eigenvalue weighted by Crippen LogP contribution is 2.51. The number of rotatable bonds is 3. The number of benzene rings is 2. The number of fused-ring (bicyclic) bond motifs is 1. The largest absolute Gasteiger partial charge is 0.323 e. The van der Waals surface area contributed by atoms with Gasteiger partial charge in [-0.15, -0.1) is 0 Å².